The van der Waals surface area contributed by atoms with E-state index < -0.39 is 0 Å². The van der Waals surface area contributed by atoms with Crippen molar-refractivity contribution in [2.24, 2.45) is 0 Å². The number of aliphatic hydroxyl groups is 1. The molecule has 0 saturated heterocycles. The first kappa shape index (κ1) is 26.1. The number of rotatable bonds is 15. The van der Waals surface area contributed by atoms with Gasteiger partial charge in [-0.1, -0.05) is 23.7 Å². The molecule has 33 heavy (non-hydrogen) atoms. The molecule has 1 amide bonds. The third-order valence-corrected chi connectivity index (χ3v) is 5.19. The van der Waals surface area contributed by atoms with Gasteiger partial charge in [-0.25, -0.2) is 4.98 Å². The van der Waals surface area contributed by atoms with Gasteiger partial charge in [-0.05, 0) is 17.7 Å². The molecular formula is C21H27ClN8O2S. The van der Waals surface area contributed by atoms with E-state index in [0.717, 1.165) is 11.8 Å². The van der Waals surface area contributed by atoms with E-state index in [2.05, 4.69) is 31.2 Å². The lowest BCUT2D eigenvalue weighted by atomic mass is 10.2. The Morgan fingerprint density at radius 1 is 1.27 bits per heavy atom. The number of allylic oxidation sites excluding steroid dienone is 1. The minimum atomic E-state index is -0.0734. The van der Waals surface area contributed by atoms with Crippen LogP contribution < -0.4 is 21.3 Å². The summed E-state index contributed by atoms with van der Waals surface area (Å²) in [6, 6.07) is 7.46. The third-order valence-electron chi connectivity index (χ3n) is 4.01. The Labute approximate surface area is 201 Å². The zero-order valence-corrected chi connectivity index (χ0v) is 19.5. The Bertz CT molecular complexity index is 973. The summed E-state index contributed by atoms with van der Waals surface area (Å²) < 4.78 is 0. The van der Waals surface area contributed by atoms with Crippen molar-refractivity contribution in [1.82, 2.24) is 15.3 Å². The van der Waals surface area contributed by atoms with Gasteiger partial charge in [0, 0.05) is 55.3 Å². The van der Waals surface area contributed by atoms with Crippen LogP contribution in [-0.2, 0) is 11.3 Å². The molecule has 0 aliphatic carbocycles. The van der Waals surface area contributed by atoms with E-state index in [1.54, 1.807) is 18.0 Å². The van der Waals surface area contributed by atoms with Gasteiger partial charge in [0.2, 0.25) is 11.9 Å². The first-order chi connectivity index (χ1) is 16.0. The van der Waals surface area contributed by atoms with Crippen LogP contribution >= 0.6 is 23.4 Å². The van der Waals surface area contributed by atoms with Gasteiger partial charge < -0.3 is 37.2 Å². The number of hydrogen-bond donors (Lipinski definition) is 7. The maximum Gasteiger partial charge on any atom is 0.229 e. The molecule has 0 unspecified atom stereocenters. The lowest BCUT2D eigenvalue weighted by molar-refractivity contribution is -0.115. The van der Waals surface area contributed by atoms with Crippen molar-refractivity contribution >= 4 is 59.2 Å². The van der Waals surface area contributed by atoms with E-state index >= 15 is 0 Å². The predicted octanol–water partition coefficient (Wildman–Crippen LogP) is 2.94. The number of carbonyl (C=O) groups is 1. The summed E-state index contributed by atoms with van der Waals surface area (Å²) in [6.07, 6.45) is 5.80. The molecule has 12 heteroatoms. The lowest BCUT2D eigenvalue weighted by Crippen LogP contribution is -2.15. The van der Waals surface area contributed by atoms with Gasteiger partial charge in [0.25, 0.3) is 0 Å². The predicted molar refractivity (Wildman–Crippen MR) is 136 cm³/mol. The second-order valence-corrected chi connectivity index (χ2v) is 8.13. The number of hydrogen-bond acceptors (Lipinski definition) is 10. The fourth-order valence-corrected chi connectivity index (χ4v) is 3.29. The SMILES string of the molecule is N=CCSCCC(=O)Nc1cccc(CNc2nc(N/C(C=N)=C/NCCO)ncc2Cl)c1. The van der Waals surface area contributed by atoms with Crippen LogP contribution in [0.1, 0.15) is 12.0 Å². The number of aliphatic hydroxyl groups excluding tert-OH is 1. The van der Waals surface area contributed by atoms with Gasteiger partial charge in [0.05, 0.1) is 18.5 Å². The molecular weight excluding hydrogens is 464 g/mol. The molecule has 1 aromatic heterocycles. The van der Waals surface area contributed by atoms with Crippen LogP contribution in [0.15, 0.2) is 42.4 Å². The van der Waals surface area contributed by atoms with Gasteiger partial charge in [0.1, 0.15) is 5.02 Å². The average Bonchev–Trinajstić information content (AvgIpc) is 2.82. The largest absolute Gasteiger partial charge is 0.395 e. The van der Waals surface area contributed by atoms with Gasteiger partial charge in [0.15, 0.2) is 5.82 Å². The Morgan fingerprint density at radius 2 is 2.12 bits per heavy atom. The minimum Gasteiger partial charge on any atom is -0.395 e. The molecule has 0 atom stereocenters. The van der Waals surface area contributed by atoms with E-state index in [0.29, 0.717) is 53.2 Å². The number of benzene rings is 1. The molecule has 1 heterocycles. The van der Waals surface area contributed by atoms with E-state index in [9.17, 15) is 4.79 Å². The highest BCUT2D eigenvalue weighted by Crippen LogP contribution is 2.21. The van der Waals surface area contributed by atoms with Crippen LogP contribution in [0.3, 0.4) is 0 Å². The van der Waals surface area contributed by atoms with Crippen molar-refractivity contribution in [2.45, 2.75) is 13.0 Å². The van der Waals surface area contributed by atoms with Crippen molar-refractivity contribution in [3.05, 3.63) is 52.9 Å². The van der Waals surface area contributed by atoms with Gasteiger partial charge in [-0.15, -0.1) is 0 Å². The molecule has 0 aliphatic heterocycles. The highest BCUT2D eigenvalue weighted by atomic mass is 35.5. The van der Waals surface area contributed by atoms with Crippen LogP contribution in [0.2, 0.25) is 5.02 Å². The summed E-state index contributed by atoms with van der Waals surface area (Å²) in [7, 11) is 0. The molecule has 0 spiro atoms. The molecule has 0 radical (unpaired) electrons. The Hall–Kier alpha value is -3.15. The monoisotopic (exact) mass is 490 g/mol. The number of thioether (sulfide) groups is 1. The standard InChI is InChI=1S/C21H27ClN8O2S/c22-18-14-27-21(29-17(11-24)13-25-6-7-31)30-20(18)26-12-15-2-1-3-16(10-15)28-19(32)4-8-33-9-5-23/h1-3,5,10-11,13-14,23-25,31H,4,6-9,12H2,(H,28,32)(H2,26,27,29,30)/b17-13+,23-5?,24-11?. The van der Waals surface area contributed by atoms with Crippen molar-refractivity contribution in [2.75, 3.05) is 40.6 Å². The summed E-state index contributed by atoms with van der Waals surface area (Å²) in [5, 5.41) is 35.4. The second-order valence-electron chi connectivity index (χ2n) is 6.57. The third kappa shape index (κ3) is 9.89. The zero-order chi connectivity index (χ0) is 23.9. The topological polar surface area (TPSA) is 159 Å². The lowest BCUT2D eigenvalue weighted by Gasteiger charge is -2.12. The van der Waals surface area contributed by atoms with Gasteiger partial charge >= 0.3 is 0 Å². The molecule has 0 fully saturated rings. The quantitative estimate of drug-likeness (QED) is 0.148. The first-order valence-electron chi connectivity index (χ1n) is 10.1. The van der Waals surface area contributed by atoms with E-state index in [1.807, 2.05) is 24.3 Å². The molecule has 0 saturated carbocycles. The molecule has 2 rings (SSSR count). The number of carbonyl (C=O) groups excluding carboxylic acids is 1. The minimum absolute atomic E-state index is 0.0250. The molecule has 7 N–H and O–H groups in total. The summed E-state index contributed by atoms with van der Waals surface area (Å²) in [5.41, 5.74) is 2.03. The summed E-state index contributed by atoms with van der Waals surface area (Å²) >= 11 is 7.76. The molecule has 0 aliphatic rings. The average molecular weight is 491 g/mol. The molecule has 2 aromatic rings. The second kappa shape index (κ2) is 14.8. The van der Waals surface area contributed by atoms with E-state index in [1.165, 1.54) is 12.4 Å². The van der Waals surface area contributed by atoms with Crippen molar-refractivity contribution in [3.8, 4) is 0 Å². The molecule has 176 valence electrons. The highest BCUT2D eigenvalue weighted by molar-refractivity contribution is 7.99. The maximum absolute atomic E-state index is 12.1. The molecule has 0 bridgehead atoms. The number of halogens is 1. The Morgan fingerprint density at radius 3 is 2.88 bits per heavy atom. The number of nitrogens with one attached hydrogen (secondary N) is 6. The molecule has 1 aromatic carbocycles. The zero-order valence-electron chi connectivity index (χ0n) is 17.9. The van der Waals surface area contributed by atoms with Crippen molar-refractivity contribution < 1.29 is 9.90 Å². The first-order valence-corrected chi connectivity index (χ1v) is 11.6. The number of anilines is 3. The maximum atomic E-state index is 12.1. The normalized spacial score (nSPS) is 10.9. The highest BCUT2D eigenvalue weighted by Gasteiger charge is 2.08. The fourth-order valence-electron chi connectivity index (χ4n) is 2.52. The van der Waals surface area contributed by atoms with Crippen LogP contribution in [0.4, 0.5) is 17.5 Å². The number of aromatic nitrogens is 2. The van der Waals surface area contributed by atoms with Crippen LogP contribution in [0.25, 0.3) is 0 Å². The van der Waals surface area contributed by atoms with E-state index in [4.69, 9.17) is 27.5 Å². The van der Waals surface area contributed by atoms with Crippen molar-refractivity contribution in [3.63, 3.8) is 0 Å². The summed E-state index contributed by atoms with van der Waals surface area (Å²) in [6.45, 7) is 0.750. The van der Waals surface area contributed by atoms with Gasteiger partial charge in [-0.3, -0.25) is 4.79 Å². The molecule has 10 nitrogen and oxygen atoms in total. The van der Waals surface area contributed by atoms with Gasteiger partial charge in [-0.2, -0.15) is 16.7 Å². The number of nitrogens with zero attached hydrogens (tertiary/aromatic N) is 2. The number of amides is 1. The van der Waals surface area contributed by atoms with Crippen molar-refractivity contribution in [1.29, 1.82) is 10.8 Å². The van der Waals surface area contributed by atoms with Crippen LogP contribution in [0, 0.1) is 10.8 Å². The van der Waals surface area contributed by atoms with Crippen LogP contribution in [0.5, 0.6) is 0 Å². The fraction of sp³-hybridized carbons (Fsp3) is 0.286. The Kier molecular flexibility index (Phi) is 11.7. The Balaban J connectivity index is 1.96. The summed E-state index contributed by atoms with van der Waals surface area (Å²) in [5.74, 6) is 1.87. The van der Waals surface area contributed by atoms with E-state index in [-0.39, 0.29) is 18.5 Å². The van der Waals surface area contributed by atoms with Crippen LogP contribution in [-0.4, -0.2) is 58.1 Å². The smallest absolute Gasteiger partial charge is 0.229 e. The summed E-state index contributed by atoms with van der Waals surface area (Å²) in [4.78, 5) is 20.5.